The molecule has 9 heavy (non-hydrogen) atoms. The molecule has 0 aliphatic carbocycles. The van der Waals surface area contributed by atoms with Gasteiger partial charge in [-0.3, -0.25) is 10.0 Å². The Hall–Kier alpha value is -0.650. The number of amides is 1. The van der Waals surface area contributed by atoms with E-state index in [1.54, 1.807) is 6.92 Å². The Morgan fingerprint density at radius 2 is 2.11 bits per heavy atom. The predicted molar refractivity (Wildman–Crippen MR) is 31.6 cm³/mol. The minimum atomic E-state index is -0.838. The van der Waals surface area contributed by atoms with Crippen molar-refractivity contribution in [1.82, 2.24) is 5.48 Å². The zero-order valence-corrected chi connectivity index (χ0v) is 5.16. The largest absolute Gasteiger partial charge is 0.326 e. The molecule has 5 nitrogen and oxygen atoms in total. The van der Waals surface area contributed by atoms with Gasteiger partial charge in [-0.15, -0.1) is 0 Å². The summed E-state index contributed by atoms with van der Waals surface area (Å²) in [6.45, 7) is 1.58. The van der Waals surface area contributed by atoms with Gasteiger partial charge in [0.2, 0.25) is 0 Å². The van der Waals surface area contributed by atoms with Crippen molar-refractivity contribution in [2.45, 2.75) is 19.0 Å². The molecule has 0 aliphatic heterocycles. The van der Waals surface area contributed by atoms with Crippen molar-refractivity contribution in [2.75, 3.05) is 0 Å². The molecule has 5 heteroatoms. The molecule has 0 unspecified atom stereocenters. The van der Waals surface area contributed by atoms with Crippen molar-refractivity contribution in [3.63, 3.8) is 0 Å². The van der Waals surface area contributed by atoms with Crippen LogP contribution in [0.1, 0.15) is 6.92 Å². The van der Waals surface area contributed by atoms with Gasteiger partial charge in [-0.2, -0.15) is 0 Å². The molecule has 0 aromatic heterocycles. The van der Waals surface area contributed by atoms with Crippen molar-refractivity contribution in [2.24, 2.45) is 11.5 Å². The van der Waals surface area contributed by atoms with Crippen LogP contribution in [0.3, 0.4) is 0 Å². The van der Waals surface area contributed by atoms with E-state index < -0.39 is 18.0 Å². The van der Waals surface area contributed by atoms with Crippen molar-refractivity contribution in [1.29, 1.82) is 0 Å². The quantitative estimate of drug-likeness (QED) is 0.263. The van der Waals surface area contributed by atoms with E-state index in [2.05, 4.69) is 0 Å². The molecule has 0 spiro atoms. The van der Waals surface area contributed by atoms with E-state index in [1.807, 2.05) is 0 Å². The molecule has 0 saturated heterocycles. The SMILES string of the molecule is C[C@@H](N)[C@H](N)C(=O)NO. The standard InChI is InChI=1S/C4H11N3O2/c1-2(5)3(6)4(8)7-9/h2-3,9H,5-6H2,1H3,(H,7,8)/t2-,3+/m1/s1. The van der Waals surface area contributed by atoms with Crippen molar-refractivity contribution < 1.29 is 10.0 Å². The summed E-state index contributed by atoms with van der Waals surface area (Å²) in [4.78, 5) is 10.4. The molecular weight excluding hydrogens is 122 g/mol. The molecule has 0 rings (SSSR count). The van der Waals surface area contributed by atoms with E-state index in [0.29, 0.717) is 0 Å². The highest BCUT2D eigenvalue weighted by Crippen LogP contribution is 1.82. The Bertz CT molecular complexity index is 104. The topological polar surface area (TPSA) is 101 Å². The van der Waals surface area contributed by atoms with Gasteiger partial charge in [0, 0.05) is 6.04 Å². The first-order valence-corrected chi connectivity index (χ1v) is 2.54. The van der Waals surface area contributed by atoms with Gasteiger partial charge in [0.05, 0.1) is 0 Å². The maximum atomic E-state index is 10.4. The second-order valence-corrected chi connectivity index (χ2v) is 1.86. The van der Waals surface area contributed by atoms with E-state index >= 15 is 0 Å². The lowest BCUT2D eigenvalue weighted by molar-refractivity contribution is -0.130. The first-order valence-electron chi connectivity index (χ1n) is 2.54. The highest BCUT2D eigenvalue weighted by atomic mass is 16.5. The first kappa shape index (κ1) is 8.35. The molecule has 54 valence electrons. The molecule has 1 amide bonds. The van der Waals surface area contributed by atoms with Crippen LogP contribution in [-0.4, -0.2) is 23.2 Å². The summed E-state index contributed by atoms with van der Waals surface area (Å²) in [6, 6.07) is -1.29. The number of nitrogens with two attached hydrogens (primary N) is 2. The lowest BCUT2D eigenvalue weighted by Crippen LogP contribution is -2.49. The smallest absolute Gasteiger partial charge is 0.261 e. The number of hydrogen-bond donors (Lipinski definition) is 4. The fourth-order valence-electron chi connectivity index (χ4n) is 0.313. The first-order chi connectivity index (χ1) is 4.09. The number of rotatable bonds is 2. The summed E-state index contributed by atoms with van der Waals surface area (Å²) in [5, 5.41) is 8.02. The van der Waals surface area contributed by atoms with Gasteiger partial charge in [0.25, 0.3) is 5.91 Å². The number of carbonyl (C=O) groups is 1. The van der Waals surface area contributed by atoms with Crippen LogP contribution in [0.4, 0.5) is 0 Å². The Balaban J connectivity index is 3.72. The fraction of sp³-hybridized carbons (Fsp3) is 0.750. The summed E-state index contributed by atoms with van der Waals surface area (Å²) in [6.07, 6.45) is 0. The molecule has 0 aliphatic rings. The monoisotopic (exact) mass is 133 g/mol. The molecule has 0 radical (unpaired) electrons. The third kappa shape index (κ3) is 2.41. The van der Waals surface area contributed by atoms with Crippen LogP contribution in [0, 0.1) is 0 Å². The number of carbonyl (C=O) groups excluding carboxylic acids is 1. The van der Waals surface area contributed by atoms with E-state index in [-0.39, 0.29) is 0 Å². The highest BCUT2D eigenvalue weighted by molar-refractivity contribution is 5.80. The van der Waals surface area contributed by atoms with E-state index in [1.165, 1.54) is 5.48 Å². The fourth-order valence-corrected chi connectivity index (χ4v) is 0.313. The van der Waals surface area contributed by atoms with E-state index in [9.17, 15) is 4.79 Å². The van der Waals surface area contributed by atoms with Crippen LogP contribution in [0.5, 0.6) is 0 Å². The van der Waals surface area contributed by atoms with Crippen molar-refractivity contribution in [3.05, 3.63) is 0 Å². The van der Waals surface area contributed by atoms with Crippen LogP contribution in [0.25, 0.3) is 0 Å². The Kier molecular flexibility index (Phi) is 3.15. The summed E-state index contributed by atoms with van der Waals surface area (Å²) < 4.78 is 0. The minimum absolute atomic E-state index is 0.447. The molecule has 2 atom stereocenters. The van der Waals surface area contributed by atoms with E-state index in [0.717, 1.165) is 0 Å². The predicted octanol–water partition coefficient (Wildman–Crippen LogP) is -1.83. The lowest BCUT2D eigenvalue weighted by atomic mass is 10.2. The molecule has 6 N–H and O–H groups in total. The average molecular weight is 133 g/mol. The van der Waals surface area contributed by atoms with Gasteiger partial charge in [-0.25, -0.2) is 5.48 Å². The maximum absolute atomic E-state index is 10.4. The molecule has 0 aromatic rings. The average Bonchev–Trinajstić information content (AvgIpc) is 1.84. The zero-order chi connectivity index (χ0) is 7.44. The molecule has 0 aromatic carbocycles. The Labute approximate surface area is 53.0 Å². The Morgan fingerprint density at radius 3 is 2.22 bits per heavy atom. The zero-order valence-electron chi connectivity index (χ0n) is 5.16. The highest BCUT2D eigenvalue weighted by Gasteiger charge is 2.15. The van der Waals surface area contributed by atoms with Crippen LogP contribution >= 0.6 is 0 Å². The van der Waals surface area contributed by atoms with Crippen LogP contribution in [-0.2, 0) is 4.79 Å². The molecule has 0 fully saturated rings. The van der Waals surface area contributed by atoms with Gasteiger partial charge >= 0.3 is 0 Å². The summed E-state index contributed by atoms with van der Waals surface area (Å²) in [7, 11) is 0. The summed E-state index contributed by atoms with van der Waals surface area (Å²) in [5.41, 5.74) is 11.8. The van der Waals surface area contributed by atoms with Crippen molar-refractivity contribution in [3.8, 4) is 0 Å². The third-order valence-corrected chi connectivity index (χ3v) is 0.979. The van der Waals surface area contributed by atoms with Gasteiger partial charge in [-0.1, -0.05) is 0 Å². The third-order valence-electron chi connectivity index (χ3n) is 0.979. The Morgan fingerprint density at radius 1 is 1.67 bits per heavy atom. The van der Waals surface area contributed by atoms with E-state index in [4.69, 9.17) is 16.7 Å². The van der Waals surface area contributed by atoms with Crippen LogP contribution < -0.4 is 16.9 Å². The molecular formula is C4H11N3O2. The molecule has 0 saturated carbocycles. The lowest BCUT2D eigenvalue weighted by Gasteiger charge is -2.11. The van der Waals surface area contributed by atoms with Crippen molar-refractivity contribution >= 4 is 5.91 Å². The second-order valence-electron chi connectivity index (χ2n) is 1.86. The second kappa shape index (κ2) is 3.39. The van der Waals surface area contributed by atoms with Gasteiger partial charge in [0.1, 0.15) is 6.04 Å². The van der Waals surface area contributed by atoms with Gasteiger partial charge in [0.15, 0.2) is 0 Å². The summed E-state index contributed by atoms with van der Waals surface area (Å²) >= 11 is 0. The van der Waals surface area contributed by atoms with Crippen LogP contribution in [0.2, 0.25) is 0 Å². The van der Waals surface area contributed by atoms with Gasteiger partial charge in [-0.05, 0) is 6.92 Å². The number of hydrogen-bond acceptors (Lipinski definition) is 4. The molecule has 0 bridgehead atoms. The summed E-state index contributed by atoms with van der Waals surface area (Å²) in [5.74, 6) is -0.662. The molecule has 0 heterocycles. The normalized spacial score (nSPS) is 16.4. The minimum Gasteiger partial charge on any atom is -0.326 e. The number of nitrogens with one attached hydrogen (secondary N) is 1. The maximum Gasteiger partial charge on any atom is 0.261 e. The van der Waals surface area contributed by atoms with Gasteiger partial charge < -0.3 is 11.5 Å². The van der Waals surface area contributed by atoms with Crippen LogP contribution in [0.15, 0.2) is 0 Å². The number of hydroxylamine groups is 1.